The standard InChI is InChI=1S/C29H25N5O/c1-17-9-12-21(13-10-17)16-33-20(4)30-27-25(29(33)35)26-28(32-24-8-6-5-7-23(24)31-26)34(27)22-14-11-18(2)19(3)15-22/h5-15H,16H2,1-4H3. The first-order valence-corrected chi connectivity index (χ1v) is 11.7. The summed E-state index contributed by atoms with van der Waals surface area (Å²) < 4.78 is 3.70. The normalized spacial score (nSPS) is 11.7. The summed E-state index contributed by atoms with van der Waals surface area (Å²) in [7, 11) is 0. The zero-order chi connectivity index (χ0) is 24.3. The molecule has 0 N–H and O–H groups in total. The van der Waals surface area contributed by atoms with Gasteiger partial charge in [0.05, 0.1) is 17.6 Å². The molecule has 0 spiro atoms. The summed E-state index contributed by atoms with van der Waals surface area (Å²) in [5.74, 6) is 0.653. The summed E-state index contributed by atoms with van der Waals surface area (Å²) in [6.45, 7) is 8.56. The Morgan fingerprint density at radius 1 is 0.743 bits per heavy atom. The number of hydrogen-bond acceptors (Lipinski definition) is 4. The van der Waals surface area contributed by atoms with E-state index < -0.39 is 0 Å². The Bertz CT molecular complexity index is 1830. The molecule has 0 saturated heterocycles. The van der Waals surface area contributed by atoms with Crippen LogP contribution in [0.2, 0.25) is 0 Å². The number of fused-ring (bicyclic) bond motifs is 4. The average Bonchev–Trinajstić information content (AvgIpc) is 3.16. The molecular weight excluding hydrogens is 434 g/mol. The van der Waals surface area contributed by atoms with Gasteiger partial charge in [-0.3, -0.25) is 13.9 Å². The third kappa shape index (κ3) is 3.41. The number of nitrogens with zero attached hydrogens (tertiary/aromatic N) is 5. The van der Waals surface area contributed by atoms with E-state index in [-0.39, 0.29) is 5.56 Å². The molecule has 6 rings (SSSR count). The van der Waals surface area contributed by atoms with Crippen LogP contribution in [0.3, 0.4) is 0 Å². The van der Waals surface area contributed by atoms with E-state index in [2.05, 4.69) is 57.2 Å². The SMILES string of the molecule is Cc1ccc(Cn2c(C)nc3c(c2=O)c2nc4ccccc4nc2n3-c2ccc(C)c(C)c2)cc1. The van der Waals surface area contributed by atoms with Crippen LogP contribution in [-0.2, 0) is 6.54 Å². The highest BCUT2D eigenvalue weighted by atomic mass is 16.1. The summed E-state index contributed by atoms with van der Waals surface area (Å²) in [6, 6.07) is 22.2. The van der Waals surface area contributed by atoms with Crippen molar-refractivity contribution in [2.75, 3.05) is 0 Å². The minimum Gasteiger partial charge on any atom is -0.292 e. The Kier molecular flexibility index (Phi) is 4.78. The van der Waals surface area contributed by atoms with Crippen molar-refractivity contribution in [3.63, 3.8) is 0 Å². The molecule has 172 valence electrons. The van der Waals surface area contributed by atoms with Gasteiger partial charge in [-0.25, -0.2) is 15.0 Å². The lowest BCUT2D eigenvalue weighted by Crippen LogP contribution is -2.24. The molecule has 6 heteroatoms. The van der Waals surface area contributed by atoms with Crippen LogP contribution in [0, 0.1) is 27.7 Å². The Morgan fingerprint density at radius 3 is 2.17 bits per heavy atom. The molecule has 0 aliphatic carbocycles. The minimum atomic E-state index is -0.106. The second-order valence-electron chi connectivity index (χ2n) is 9.22. The van der Waals surface area contributed by atoms with Crippen molar-refractivity contribution in [3.8, 4) is 5.69 Å². The number of aromatic nitrogens is 5. The average molecular weight is 460 g/mol. The Balaban J connectivity index is 1.71. The topological polar surface area (TPSA) is 65.6 Å². The lowest BCUT2D eigenvalue weighted by atomic mass is 10.1. The first-order chi connectivity index (χ1) is 16.9. The van der Waals surface area contributed by atoms with E-state index in [1.165, 1.54) is 11.1 Å². The van der Waals surface area contributed by atoms with Gasteiger partial charge in [-0.05, 0) is 68.7 Å². The van der Waals surface area contributed by atoms with E-state index >= 15 is 0 Å². The molecule has 3 heterocycles. The van der Waals surface area contributed by atoms with Gasteiger partial charge < -0.3 is 0 Å². The van der Waals surface area contributed by atoms with Gasteiger partial charge in [-0.1, -0.05) is 48.0 Å². The third-order valence-corrected chi connectivity index (χ3v) is 6.76. The van der Waals surface area contributed by atoms with Crippen molar-refractivity contribution >= 4 is 33.2 Å². The fourth-order valence-corrected chi connectivity index (χ4v) is 4.60. The van der Waals surface area contributed by atoms with Gasteiger partial charge in [-0.15, -0.1) is 0 Å². The zero-order valence-corrected chi connectivity index (χ0v) is 20.2. The number of rotatable bonds is 3. The molecule has 0 bridgehead atoms. The van der Waals surface area contributed by atoms with Crippen molar-refractivity contribution in [2.24, 2.45) is 0 Å². The lowest BCUT2D eigenvalue weighted by Gasteiger charge is -2.12. The van der Waals surface area contributed by atoms with E-state index in [1.54, 1.807) is 4.57 Å². The lowest BCUT2D eigenvalue weighted by molar-refractivity contribution is 0.711. The van der Waals surface area contributed by atoms with Crippen LogP contribution in [0.1, 0.15) is 28.1 Å². The van der Waals surface area contributed by atoms with Gasteiger partial charge >= 0.3 is 0 Å². The monoisotopic (exact) mass is 459 g/mol. The maximum Gasteiger partial charge on any atom is 0.265 e. The van der Waals surface area contributed by atoms with E-state index in [0.29, 0.717) is 34.6 Å². The molecule has 6 aromatic rings. The van der Waals surface area contributed by atoms with E-state index in [1.807, 2.05) is 41.8 Å². The van der Waals surface area contributed by atoms with Gasteiger partial charge in [0.1, 0.15) is 16.7 Å². The zero-order valence-electron chi connectivity index (χ0n) is 20.2. The second kappa shape index (κ2) is 7.87. The first-order valence-electron chi connectivity index (χ1n) is 11.7. The fourth-order valence-electron chi connectivity index (χ4n) is 4.60. The smallest absolute Gasteiger partial charge is 0.265 e. The van der Waals surface area contributed by atoms with Crippen molar-refractivity contribution in [1.29, 1.82) is 0 Å². The van der Waals surface area contributed by atoms with E-state index in [4.69, 9.17) is 15.0 Å². The fraction of sp³-hybridized carbons (Fsp3) is 0.172. The molecule has 6 nitrogen and oxygen atoms in total. The summed E-state index contributed by atoms with van der Waals surface area (Å²) in [5.41, 5.74) is 8.75. The molecule has 35 heavy (non-hydrogen) atoms. The van der Waals surface area contributed by atoms with Crippen LogP contribution in [0.5, 0.6) is 0 Å². The first kappa shape index (κ1) is 21.2. The quantitative estimate of drug-likeness (QED) is 0.347. The van der Waals surface area contributed by atoms with Gasteiger partial charge in [0.25, 0.3) is 5.56 Å². The molecule has 0 aliphatic heterocycles. The summed E-state index contributed by atoms with van der Waals surface area (Å²) in [4.78, 5) is 28.8. The summed E-state index contributed by atoms with van der Waals surface area (Å²) in [6.07, 6.45) is 0. The van der Waals surface area contributed by atoms with Crippen LogP contribution >= 0.6 is 0 Å². The number of aryl methyl sites for hydroxylation is 4. The maximum atomic E-state index is 14.0. The Morgan fingerprint density at radius 2 is 1.46 bits per heavy atom. The Hall–Kier alpha value is -4.32. The van der Waals surface area contributed by atoms with Crippen LogP contribution < -0.4 is 5.56 Å². The van der Waals surface area contributed by atoms with Crippen molar-refractivity contribution in [3.05, 3.63) is 105 Å². The summed E-state index contributed by atoms with van der Waals surface area (Å²) >= 11 is 0. The summed E-state index contributed by atoms with van der Waals surface area (Å²) in [5, 5.41) is 0.495. The molecule has 0 amide bonds. The molecular formula is C29H25N5O. The predicted octanol–water partition coefficient (Wildman–Crippen LogP) is 5.57. The molecule has 3 aromatic heterocycles. The van der Waals surface area contributed by atoms with Crippen LogP contribution in [0.15, 0.2) is 71.5 Å². The van der Waals surface area contributed by atoms with Gasteiger partial charge in [-0.2, -0.15) is 0 Å². The largest absolute Gasteiger partial charge is 0.292 e. The maximum absolute atomic E-state index is 14.0. The van der Waals surface area contributed by atoms with E-state index in [0.717, 1.165) is 27.8 Å². The van der Waals surface area contributed by atoms with Crippen LogP contribution in [-0.4, -0.2) is 24.1 Å². The van der Waals surface area contributed by atoms with Gasteiger partial charge in [0, 0.05) is 5.69 Å². The van der Waals surface area contributed by atoms with Gasteiger partial charge in [0.15, 0.2) is 11.3 Å². The molecule has 0 unspecified atom stereocenters. The highest BCUT2D eigenvalue weighted by Gasteiger charge is 2.22. The van der Waals surface area contributed by atoms with Gasteiger partial charge in [0.2, 0.25) is 0 Å². The molecule has 0 radical (unpaired) electrons. The van der Waals surface area contributed by atoms with Crippen molar-refractivity contribution < 1.29 is 0 Å². The minimum absolute atomic E-state index is 0.106. The highest BCUT2D eigenvalue weighted by Crippen LogP contribution is 2.29. The molecule has 0 aliphatic rings. The predicted molar refractivity (Wildman–Crippen MR) is 140 cm³/mol. The second-order valence-corrected chi connectivity index (χ2v) is 9.22. The van der Waals surface area contributed by atoms with Crippen LogP contribution in [0.4, 0.5) is 0 Å². The van der Waals surface area contributed by atoms with Crippen molar-refractivity contribution in [1.82, 2.24) is 24.1 Å². The number of benzene rings is 3. The molecule has 0 saturated carbocycles. The number of hydrogen-bond donors (Lipinski definition) is 0. The number of para-hydroxylation sites is 2. The molecule has 0 fully saturated rings. The van der Waals surface area contributed by atoms with Crippen LogP contribution in [0.25, 0.3) is 38.9 Å². The third-order valence-electron chi connectivity index (χ3n) is 6.76. The van der Waals surface area contributed by atoms with Crippen molar-refractivity contribution in [2.45, 2.75) is 34.2 Å². The molecule has 3 aromatic carbocycles. The highest BCUT2D eigenvalue weighted by molar-refractivity contribution is 6.05. The Labute approximate surface area is 202 Å². The molecule has 0 atom stereocenters. The van der Waals surface area contributed by atoms with E-state index in [9.17, 15) is 4.79 Å².